The van der Waals surface area contributed by atoms with Crippen LogP contribution in [-0.2, 0) is 11.2 Å². The van der Waals surface area contributed by atoms with Gasteiger partial charge >= 0.3 is 0 Å². The van der Waals surface area contributed by atoms with Gasteiger partial charge in [0, 0.05) is 34.6 Å². The number of nitrogens with zero attached hydrogens (tertiary/aromatic N) is 3. The van der Waals surface area contributed by atoms with Gasteiger partial charge in [0.15, 0.2) is 10.9 Å². The minimum Gasteiger partial charge on any atom is -0.454 e. The summed E-state index contributed by atoms with van der Waals surface area (Å²) in [5.74, 6) is 1.42. The molecule has 1 N–H and O–H groups in total. The summed E-state index contributed by atoms with van der Waals surface area (Å²) in [6.45, 7) is 0. The molecule has 0 radical (unpaired) electrons. The molecule has 0 saturated heterocycles. The summed E-state index contributed by atoms with van der Waals surface area (Å²) in [6, 6.07) is 11.6. The van der Waals surface area contributed by atoms with Gasteiger partial charge in [-0.1, -0.05) is 18.2 Å². The highest BCUT2D eigenvalue weighted by molar-refractivity contribution is 7.14. The summed E-state index contributed by atoms with van der Waals surface area (Å²) in [6.07, 6.45) is 0.593. The number of carbonyl (C=O) groups is 1. The second-order valence-electron chi connectivity index (χ2n) is 6.25. The van der Waals surface area contributed by atoms with Gasteiger partial charge in [-0.3, -0.25) is 4.79 Å². The molecule has 0 atom stereocenters. The maximum absolute atomic E-state index is 12.3. The van der Waals surface area contributed by atoms with Crippen molar-refractivity contribution in [1.29, 1.82) is 0 Å². The van der Waals surface area contributed by atoms with Crippen molar-refractivity contribution in [3.63, 3.8) is 0 Å². The van der Waals surface area contributed by atoms with Gasteiger partial charge in [-0.25, -0.2) is 4.98 Å². The van der Waals surface area contributed by atoms with Crippen LogP contribution in [0, 0.1) is 0 Å². The number of hydrogen-bond acceptors (Lipinski definition) is 8. The molecule has 5 rings (SSSR count). The highest BCUT2D eigenvalue weighted by atomic mass is 32.1. The van der Waals surface area contributed by atoms with Gasteiger partial charge in [0.05, 0.1) is 0 Å². The Hall–Kier alpha value is -3.30. The van der Waals surface area contributed by atoms with Crippen molar-refractivity contribution in [2.24, 2.45) is 0 Å². The number of thiazole rings is 1. The maximum Gasteiger partial charge on any atom is 0.248 e. The summed E-state index contributed by atoms with van der Waals surface area (Å²) in [5, 5.41) is 18.1. The zero-order valence-electron chi connectivity index (χ0n) is 15.0. The fourth-order valence-corrected chi connectivity index (χ4v) is 4.16. The zero-order valence-corrected chi connectivity index (χ0v) is 16.6. The molecule has 9 heteroatoms. The van der Waals surface area contributed by atoms with E-state index in [0.717, 1.165) is 16.5 Å². The lowest BCUT2D eigenvalue weighted by molar-refractivity contribution is -0.116. The lowest BCUT2D eigenvalue weighted by atomic mass is 10.2. The monoisotopic (exact) mass is 422 g/mol. The number of nitrogens with one attached hydrogen (secondary N) is 1. The first-order valence-corrected chi connectivity index (χ1v) is 10.7. The van der Waals surface area contributed by atoms with E-state index in [1.165, 1.54) is 11.3 Å². The molecule has 0 bridgehead atoms. The summed E-state index contributed by atoms with van der Waals surface area (Å²) in [7, 11) is 0. The van der Waals surface area contributed by atoms with E-state index >= 15 is 0 Å². The quantitative estimate of drug-likeness (QED) is 0.402. The number of aromatic nitrogens is 3. The van der Waals surface area contributed by atoms with Gasteiger partial charge in [0.2, 0.25) is 17.7 Å². The Morgan fingerprint density at radius 2 is 2.03 bits per heavy atom. The first kappa shape index (κ1) is 17.8. The molecule has 0 unspecified atom stereocenters. The molecular weight excluding hydrogens is 408 g/mol. The number of carbonyl (C=O) groups excluding carboxylic acids is 1. The second-order valence-corrected chi connectivity index (χ2v) is 7.89. The number of anilines is 1. The van der Waals surface area contributed by atoms with Crippen LogP contribution in [-0.4, -0.2) is 21.1 Å². The third-order valence-corrected chi connectivity index (χ3v) is 5.67. The highest BCUT2D eigenvalue weighted by Crippen LogP contribution is 2.30. The third kappa shape index (κ3) is 3.82. The number of furan rings is 1. The largest absolute Gasteiger partial charge is 0.454 e. The molecule has 4 heterocycles. The van der Waals surface area contributed by atoms with Crippen molar-refractivity contribution in [2.75, 3.05) is 5.32 Å². The van der Waals surface area contributed by atoms with Gasteiger partial charge in [-0.2, -0.15) is 11.3 Å². The number of benzene rings is 1. The Morgan fingerprint density at radius 3 is 2.90 bits per heavy atom. The van der Waals surface area contributed by atoms with Gasteiger partial charge < -0.3 is 14.2 Å². The van der Waals surface area contributed by atoms with E-state index in [1.54, 1.807) is 11.3 Å². The summed E-state index contributed by atoms with van der Waals surface area (Å²) >= 11 is 2.91. The van der Waals surface area contributed by atoms with Crippen molar-refractivity contribution >= 4 is 44.7 Å². The SMILES string of the molecule is O=C(CCc1nnc(-c2ccsc2)o1)Nc1nc(-c2cc3ccccc3o2)cs1. The number of amides is 1. The van der Waals surface area contributed by atoms with E-state index in [1.807, 2.05) is 52.5 Å². The topological polar surface area (TPSA) is 94.0 Å². The molecule has 7 nitrogen and oxygen atoms in total. The molecule has 0 aliphatic heterocycles. The van der Waals surface area contributed by atoms with Crippen LogP contribution in [0.15, 0.2) is 61.4 Å². The Balaban J connectivity index is 1.20. The molecule has 0 aliphatic carbocycles. The van der Waals surface area contributed by atoms with E-state index in [4.69, 9.17) is 8.83 Å². The molecule has 0 fully saturated rings. The van der Waals surface area contributed by atoms with Crippen molar-refractivity contribution in [3.05, 3.63) is 58.4 Å². The standard InChI is InChI=1S/C20H14N4O3S2/c25-17(5-6-18-23-24-19(27-18)13-7-8-28-10-13)22-20-21-14(11-29-20)16-9-12-3-1-2-4-15(12)26-16/h1-4,7-11H,5-6H2,(H,21,22,25). The van der Waals surface area contributed by atoms with Gasteiger partial charge in [-0.05, 0) is 23.6 Å². The minimum absolute atomic E-state index is 0.161. The first-order valence-electron chi connectivity index (χ1n) is 8.84. The number of fused-ring (bicyclic) bond motifs is 1. The van der Waals surface area contributed by atoms with E-state index < -0.39 is 0 Å². The minimum atomic E-state index is -0.161. The number of rotatable bonds is 6. The Morgan fingerprint density at radius 1 is 1.10 bits per heavy atom. The van der Waals surface area contributed by atoms with Crippen LogP contribution in [0.2, 0.25) is 0 Å². The average molecular weight is 422 g/mol. The summed E-state index contributed by atoms with van der Waals surface area (Å²) in [4.78, 5) is 16.7. The number of para-hydroxylation sites is 1. The molecule has 4 aromatic heterocycles. The summed E-state index contributed by atoms with van der Waals surface area (Å²) in [5.41, 5.74) is 2.39. The summed E-state index contributed by atoms with van der Waals surface area (Å²) < 4.78 is 11.4. The number of thiophene rings is 1. The predicted octanol–water partition coefficient (Wildman–Crippen LogP) is 5.24. The van der Waals surface area contributed by atoms with E-state index in [9.17, 15) is 4.79 Å². The van der Waals surface area contributed by atoms with Crippen LogP contribution >= 0.6 is 22.7 Å². The number of hydrogen-bond donors (Lipinski definition) is 1. The first-order chi connectivity index (χ1) is 14.2. The van der Waals surface area contributed by atoms with Gasteiger partial charge in [0.25, 0.3) is 0 Å². The fourth-order valence-electron chi connectivity index (χ4n) is 2.81. The van der Waals surface area contributed by atoms with Crippen LogP contribution in [0.3, 0.4) is 0 Å². The molecule has 5 aromatic rings. The highest BCUT2D eigenvalue weighted by Gasteiger charge is 2.14. The van der Waals surface area contributed by atoms with Crippen molar-refractivity contribution < 1.29 is 13.6 Å². The smallest absolute Gasteiger partial charge is 0.248 e. The van der Waals surface area contributed by atoms with Crippen molar-refractivity contribution in [2.45, 2.75) is 12.8 Å². The van der Waals surface area contributed by atoms with Crippen LogP contribution in [0.4, 0.5) is 5.13 Å². The van der Waals surface area contributed by atoms with Crippen LogP contribution in [0.5, 0.6) is 0 Å². The molecule has 0 saturated carbocycles. The number of aryl methyl sites for hydroxylation is 1. The molecule has 1 aromatic carbocycles. The van der Waals surface area contributed by atoms with E-state index in [0.29, 0.717) is 34.8 Å². The second kappa shape index (κ2) is 7.61. The Bertz CT molecular complexity index is 1240. The van der Waals surface area contributed by atoms with Gasteiger partial charge in [0.1, 0.15) is 11.3 Å². The average Bonchev–Trinajstić information content (AvgIpc) is 3.52. The van der Waals surface area contributed by atoms with E-state index in [-0.39, 0.29) is 12.3 Å². The Kier molecular flexibility index (Phi) is 4.66. The van der Waals surface area contributed by atoms with Crippen LogP contribution in [0.25, 0.3) is 33.9 Å². The fraction of sp³-hybridized carbons (Fsp3) is 0.100. The van der Waals surface area contributed by atoms with Crippen molar-refractivity contribution in [3.8, 4) is 22.9 Å². The lowest BCUT2D eigenvalue weighted by Gasteiger charge is -1.99. The molecular formula is C20H14N4O3S2. The predicted molar refractivity (Wildman–Crippen MR) is 112 cm³/mol. The Labute approximate surface area is 173 Å². The maximum atomic E-state index is 12.3. The lowest BCUT2D eigenvalue weighted by Crippen LogP contribution is -2.12. The normalized spacial score (nSPS) is 11.2. The van der Waals surface area contributed by atoms with Crippen LogP contribution < -0.4 is 5.32 Å². The molecule has 0 aliphatic rings. The molecule has 1 amide bonds. The van der Waals surface area contributed by atoms with E-state index in [2.05, 4.69) is 20.5 Å². The van der Waals surface area contributed by atoms with Crippen LogP contribution in [0.1, 0.15) is 12.3 Å². The zero-order chi connectivity index (χ0) is 19.6. The van der Waals surface area contributed by atoms with Crippen molar-refractivity contribution in [1.82, 2.24) is 15.2 Å². The van der Waals surface area contributed by atoms with Gasteiger partial charge in [-0.15, -0.1) is 21.5 Å². The molecule has 0 spiro atoms. The molecule has 29 heavy (non-hydrogen) atoms. The third-order valence-electron chi connectivity index (χ3n) is 4.23. The molecule has 144 valence electrons.